The van der Waals surface area contributed by atoms with Crippen LogP contribution < -0.4 is 10.6 Å². The number of hydrogen-bond acceptors (Lipinski definition) is 3. The Morgan fingerprint density at radius 2 is 1.75 bits per heavy atom. The van der Waals surface area contributed by atoms with Crippen LogP contribution in [0.25, 0.3) is 33.0 Å². The van der Waals surface area contributed by atoms with Crippen molar-refractivity contribution in [1.82, 2.24) is 20.2 Å². The van der Waals surface area contributed by atoms with E-state index >= 15 is 0 Å². The smallest absolute Gasteiger partial charge is 0.259 e. The van der Waals surface area contributed by atoms with Gasteiger partial charge in [0, 0.05) is 51.9 Å². The van der Waals surface area contributed by atoms with Crippen LogP contribution >= 0.6 is 0 Å². The number of H-pyrrole nitrogens is 1. The number of carbonyl (C=O) groups excluding carboxylic acids is 2. The van der Waals surface area contributed by atoms with Crippen molar-refractivity contribution in [3.63, 3.8) is 0 Å². The fourth-order valence-electron chi connectivity index (χ4n) is 4.71. The maximum absolute atomic E-state index is 13.1. The Kier molecular flexibility index (Phi) is 5.15. The summed E-state index contributed by atoms with van der Waals surface area (Å²) in [4.78, 5) is 29.3. The second-order valence-corrected chi connectivity index (χ2v) is 8.19. The van der Waals surface area contributed by atoms with E-state index in [0.29, 0.717) is 11.1 Å². The van der Waals surface area contributed by atoms with Gasteiger partial charge in [0.1, 0.15) is 0 Å². The number of imide groups is 1. The number of carbonyl (C=O) groups is 2. The standard InChI is InChI=1S/C26H26N4O2/c1-3-27-12-7-13-30-15-19(22-16(2)8-6-11-21(22)30)24-23(25(31)29-26(24)32)18-14-28-20-10-5-4-9-17(18)20/h4-6,8-11,14-15,27-28H,3,7,12-13H2,1-2H3,(H,29,31,32). The number of aromatic nitrogens is 2. The summed E-state index contributed by atoms with van der Waals surface area (Å²) in [6.45, 7) is 6.86. The summed E-state index contributed by atoms with van der Waals surface area (Å²) in [7, 11) is 0. The van der Waals surface area contributed by atoms with Crippen LogP contribution in [-0.2, 0) is 16.1 Å². The zero-order chi connectivity index (χ0) is 22.2. The lowest BCUT2D eigenvalue weighted by Crippen LogP contribution is -2.22. The number of benzene rings is 2. The highest BCUT2D eigenvalue weighted by Gasteiger charge is 2.35. The largest absolute Gasteiger partial charge is 0.361 e. The van der Waals surface area contributed by atoms with Gasteiger partial charge in [-0.05, 0) is 44.1 Å². The third kappa shape index (κ3) is 3.24. The first-order valence-electron chi connectivity index (χ1n) is 11.1. The molecule has 0 atom stereocenters. The highest BCUT2D eigenvalue weighted by molar-refractivity contribution is 6.50. The van der Waals surface area contributed by atoms with Crippen LogP contribution in [0.2, 0.25) is 0 Å². The maximum Gasteiger partial charge on any atom is 0.259 e. The second kappa shape index (κ2) is 8.13. The van der Waals surface area contributed by atoms with Gasteiger partial charge in [-0.25, -0.2) is 0 Å². The zero-order valence-electron chi connectivity index (χ0n) is 18.3. The molecule has 5 rings (SSSR count). The molecule has 3 N–H and O–H groups in total. The van der Waals surface area contributed by atoms with Crippen molar-refractivity contribution < 1.29 is 9.59 Å². The molecule has 0 aliphatic carbocycles. The Morgan fingerprint density at radius 1 is 0.969 bits per heavy atom. The third-order valence-electron chi connectivity index (χ3n) is 6.18. The number of amides is 2. The topological polar surface area (TPSA) is 78.9 Å². The molecule has 1 aliphatic heterocycles. The summed E-state index contributed by atoms with van der Waals surface area (Å²) in [5.41, 5.74) is 5.54. The molecule has 0 radical (unpaired) electrons. The predicted molar refractivity (Wildman–Crippen MR) is 128 cm³/mol. The number of hydrogen-bond donors (Lipinski definition) is 3. The minimum Gasteiger partial charge on any atom is -0.361 e. The van der Waals surface area contributed by atoms with Crippen LogP contribution in [0.4, 0.5) is 0 Å². The van der Waals surface area contributed by atoms with Crippen LogP contribution in [0.15, 0.2) is 54.9 Å². The first kappa shape index (κ1) is 20.3. The van der Waals surface area contributed by atoms with Gasteiger partial charge in [0.25, 0.3) is 11.8 Å². The summed E-state index contributed by atoms with van der Waals surface area (Å²) in [6.07, 6.45) is 4.83. The van der Waals surface area contributed by atoms with E-state index in [4.69, 9.17) is 0 Å². The molecule has 0 spiro atoms. The lowest BCUT2D eigenvalue weighted by Gasteiger charge is -2.06. The molecule has 2 aromatic carbocycles. The number of aryl methyl sites for hydroxylation is 2. The Labute approximate surface area is 186 Å². The molecule has 0 unspecified atom stereocenters. The van der Waals surface area contributed by atoms with Gasteiger partial charge in [0.2, 0.25) is 0 Å². The van der Waals surface area contributed by atoms with Crippen molar-refractivity contribution >= 4 is 44.8 Å². The summed E-state index contributed by atoms with van der Waals surface area (Å²) in [5, 5.41) is 7.85. The predicted octanol–water partition coefficient (Wildman–Crippen LogP) is 4.00. The Morgan fingerprint density at radius 3 is 2.56 bits per heavy atom. The van der Waals surface area contributed by atoms with Gasteiger partial charge in [-0.3, -0.25) is 14.9 Å². The van der Waals surface area contributed by atoms with Crippen molar-refractivity contribution in [2.75, 3.05) is 13.1 Å². The molecule has 2 aromatic heterocycles. The van der Waals surface area contributed by atoms with Gasteiger partial charge in [-0.1, -0.05) is 37.3 Å². The summed E-state index contributed by atoms with van der Waals surface area (Å²) < 4.78 is 2.20. The molecule has 0 saturated heterocycles. The van der Waals surface area contributed by atoms with Crippen LogP contribution in [0.3, 0.4) is 0 Å². The van der Waals surface area contributed by atoms with Gasteiger partial charge in [-0.2, -0.15) is 0 Å². The summed E-state index contributed by atoms with van der Waals surface area (Å²) in [5.74, 6) is -0.693. The molecular formula is C26H26N4O2. The van der Waals surface area contributed by atoms with E-state index in [1.165, 1.54) is 0 Å². The van der Waals surface area contributed by atoms with Gasteiger partial charge >= 0.3 is 0 Å². The molecular weight excluding hydrogens is 400 g/mol. The fraction of sp³-hybridized carbons (Fsp3) is 0.231. The van der Waals surface area contributed by atoms with Crippen molar-refractivity contribution in [3.05, 3.63) is 71.5 Å². The second-order valence-electron chi connectivity index (χ2n) is 8.19. The number of nitrogens with zero attached hydrogens (tertiary/aromatic N) is 1. The molecule has 6 heteroatoms. The number of aromatic amines is 1. The molecule has 0 fully saturated rings. The summed E-state index contributed by atoms with van der Waals surface area (Å²) in [6, 6.07) is 14.0. The maximum atomic E-state index is 13.1. The van der Waals surface area contributed by atoms with Crippen molar-refractivity contribution in [3.8, 4) is 0 Å². The lowest BCUT2D eigenvalue weighted by molar-refractivity contribution is -0.122. The zero-order valence-corrected chi connectivity index (χ0v) is 18.3. The average Bonchev–Trinajstić information content (AvgIpc) is 3.45. The monoisotopic (exact) mass is 426 g/mol. The van der Waals surface area contributed by atoms with Crippen LogP contribution in [-0.4, -0.2) is 34.5 Å². The molecule has 0 saturated carbocycles. The van der Waals surface area contributed by atoms with Crippen molar-refractivity contribution in [2.24, 2.45) is 0 Å². The Balaban J connectivity index is 1.72. The normalized spacial score (nSPS) is 14.2. The number of nitrogens with one attached hydrogen (secondary N) is 3. The first-order chi connectivity index (χ1) is 15.6. The fourth-order valence-corrected chi connectivity index (χ4v) is 4.71. The van der Waals surface area contributed by atoms with Crippen LogP contribution in [0.5, 0.6) is 0 Å². The van der Waals surface area contributed by atoms with E-state index in [-0.39, 0.29) is 11.8 Å². The van der Waals surface area contributed by atoms with E-state index in [1.54, 1.807) is 0 Å². The van der Waals surface area contributed by atoms with Crippen molar-refractivity contribution in [1.29, 1.82) is 0 Å². The van der Waals surface area contributed by atoms with Crippen LogP contribution in [0.1, 0.15) is 30.0 Å². The molecule has 0 bridgehead atoms. The van der Waals surface area contributed by atoms with E-state index < -0.39 is 0 Å². The number of rotatable bonds is 7. The minimum atomic E-state index is -0.351. The van der Waals surface area contributed by atoms with Crippen molar-refractivity contribution in [2.45, 2.75) is 26.8 Å². The third-order valence-corrected chi connectivity index (χ3v) is 6.18. The highest BCUT2D eigenvalue weighted by Crippen LogP contribution is 2.39. The van der Waals surface area contributed by atoms with Gasteiger partial charge in [-0.15, -0.1) is 0 Å². The van der Waals surface area contributed by atoms with E-state index in [1.807, 2.05) is 42.7 Å². The average molecular weight is 427 g/mol. The molecule has 6 nitrogen and oxygen atoms in total. The Hall–Kier alpha value is -3.64. The van der Waals surface area contributed by atoms with Gasteiger partial charge < -0.3 is 14.9 Å². The minimum absolute atomic E-state index is 0.342. The Bertz CT molecular complexity index is 1390. The molecule has 4 aromatic rings. The first-order valence-corrected chi connectivity index (χ1v) is 11.1. The lowest BCUT2D eigenvalue weighted by atomic mass is 9.94. The van der Waals surface area contributed by atoms with E-state index in [2.05, 4.69) is 46.2 Å². The molecule has 1 aliphatic rings. The molecule has 162 valence electrons. The number of para-hydroxylation sites is 1. The van der Waals surface area contributed by atoms with Gasteiger partial charge in [0.05, 0.1) is 11.1 Å². The quantitative estimate of drug-likeness (QED) is 0.309. The number of fused-ring (bicyclic) bond motifs is 2. The van der Waals surface area contributed by atoms with E-state index in [9.17, 15) is 9.59 Å². The van der Waals surface area contributed by atoms with E-state index in [0.717, 1.165) is 64.6 Å². The SMILES string of the molecule is CCNCCCn1cc(C2=C(c3c[nH]c4ccccc34)C(=O)NC2=O)c2c(C)cccc21. The molecule has 32 heavy (non-hydrogen) atoms. The van der Waals surface area contributed by atoms with Gasteiger partial charge in [0.15, 0.2) is 0 Å². The molecule has 3 heterocycles. The van der Waals surface area contributed by atoms with Crippen LogP contribution in [0, 0.1) is 6.92 Å². The summed E-state index contributed by atoms with van der Waals surface area (Å²) >= 11 is 0. The molecule has 2 amide bonds. The highest BCUT2D eigenvalue weighted by atomic mass is 16.2.